The number of imidazole rings is 1. The number of nitrogens with two attached hydrogens (primary N) is 1. The molecule has 0 saturated carbocycles. The molecule has 0 radical (unpaired) electrons. The molecule has 0 saturated heterocycles. The minimum absolute atomic E-state index is 0.0442. The lowest BCUT2D eigenvalue weighted by molar-refractivity contribution is 0.795. The fourth-order valence-electron chi connectivity index (χ4n) is 1.83. The minimum atomic E-state index is -0.0442. The number of fused-ring (bicyclic) bond motifs is 1. The van der Waals surface area contributed by atoms with Crippen LogP contribution in [0, 0.1) is 6.92 Å². The molecule has 16 heavy (non-hydrogen) atoms. The van der Waals surface area contributed by atoms with Crippen LogP contribution < -0.4 is 11.4 Å². The van der Waals surface area contributed by atoms with Crippen LogP contribution in [0.2, 0.25) is 0 Å². The maximum absolute atomic E-state index is 11.6. The number of nitrogens with zero attached hydrogens (tertiary/aromatic N) is 2. The molecule has 1 heterocycles. The summed E-state index contributed by atoms with van der Waals surface area (Å²) < 4.78 is 3.18. The van der Waals surface area contributed by atoms with E-state index in [2.05, 4.69) is 0 Å². The fraction of sp³-hybridized carbons (Fsp3) is 0.417. The van der Waals surface area contributed by atoms with Crippen molar-refractivity contribution in [3.63, 3.8) is 0 Å². The topological polar surface area (TPSA) is 52.9 Å². The maximum Gasteiger partial charge on any atom is 0.328 e. The summed E-state index contributed by atoms with van der Waals surface area (Å²) in [6, 6.07) is 3.84. The molecular weight excluding hydrogens is 202 g/mol. The average molecular weight is 221 g/mol. The molecule has 1 aromatic heterocycles. The number of hydrogen-bond donors (Lipinski definition) is 1. The Labute approximate surface area is 95.3 Å². The Kier molecular flexibility index (Phi) is 3.42. The molecule has 1 aromatic carbocycles. The Morgan fingerprint density at radius 2 is 1.69 bits per heavy atom. The van der Waals surface area contributed by atoms with Crippen LogP contribution in [-0.4, -0.2) is 9.13 Å². The van der Waals surface area contributed by atoms with Gasteiger partial charge in [-0.25, -0.2) is 4.79 Å². The van der Waals surface area contributed by atoms with Gasteiger partial charge in [0, 0.05) is 14.1 Å². The molecule has 0 amide bonds. The lowest BCUT2D eigenvalue weighted by atomic mass is 10.2. The number of rotatable bonds is 0. The van der Waals surface area contributed by atoms with E-state index in [0.717, 1.165) is 16.6 Å². The zero-order chi connectivity index (χ0) is 12.5. The highest BCUT2D eigenvalue weighted by molar-refractivity contribution is 5.88. The summed E-state index contributed by atoms with van der Waals surface area (Å²) in [5.41, 5.74) is 9.23. The highest BCUT2D eigenvalue weighted by Crippen LogP contribution is 2.20. The van der Waals surface area contributed by atoms with Crippen molar-refractivity contribution < 1.29 is 0 Å². The van der Waals surface area contributed by atoms with Crippen LogP contribution in [-0.2, 0) is 14.1 Å². The van der Waals surface area contributed by atoms with Gasteiger partial charge >= 0.3 is 5.69 Å². The third-order valence-corrected chi connectivity index (χ3v) is 2.53. The van der Waals surface area contributed by atoms with E-state index in [4.69, 9.17) is 5.73 Å². The Bertz CT molecular complexity index is 564. The summed E-state index contributed by atoms with van der Waals surface area (Å²) in [5, 5.41) is 0. The van der Waals surface area contributed by atoms with Crippen LogP contribution >= 0.6 is 0 Å². The molecule has 2 aromatic rings. The quantitative estimate of drug-likeness (QED) is 0.690. The molecule has 0 spiro atoms. The van der Waals surface area contributed by atoms with Crippen LogP contribution in [0.1, 0.15) is 19.4 Å². The molecule has 0 aliphatic heterocycles. The van der Waals surface area contributed by atoms with E-state index in [0.29, 0.717) is 5.69 Å². The molecule has 0 fully saturated rings. The van der Waals surface area contributed by atoms with Gasteiger partial charge in [-0.3, -0.25) is 9.13 Å². The van der Waals surface area contributed by atoms with E-state index in [1.807, 2.05) is 32.9 Å². The van der Waals surface area contributed by atoms with Gasteiger partial charge in [-0.05, 0) is 24.6 Å². The number of nitrogen functional groups attached to an aromatic ring is 1. The van der Waals surface area contributed by atoms with Crippen LogP contribution in [0.4, 0.5) is 5.69 Å². The number of hydrogen-bond acceptors (Lipinski definition) is 2. The van der Waals surface area contributed by atoms with Crippen LogP contribution in [0.15, 0.2) is 16.9 Å². The summed E-state index contributed by atoms with van der Waals surface area (Å²) in [4.78, 5) is 11.6. The first-order valence-electron chi connectivity index (χ1n) is 5.44. The van der Waals surface area contributed by atoms with Crippen molar-refractivity contribution in [2.24, 2.45) is 14.1 Å². The fourth-order valence-corrected chi connectivity index (χ4v) is 1.83. The molecule has 0 aliphatic rings. The second-order valence-corrected chi connectivity index (χ2v) is 3.62. The molecule has 0 aliphatic carbocycles. The lowest BCUT2D eigenvalue weighted by Crippen LogP contribution is -2.19. The summed E-state index contributed by atoms with van der Waals surface area (Å²) in [7, 11) is 3.49. The Hall–Kier alpha value is -1.71. The number of aryl methyl sites for hydroxylation is 3. The molecule has 0 atom stereocenters. The van der Waals surface area contributed by atoms with E-state index in [9.17, 15) is 4.79 Å². The van der Waals surface area contributed by atoms with Crippen molar-refractivity contribution in [3.05, 3.63) is 28.2 Å². The molecule has 4 nitrogen and oxygen atoms in total. The summed E-state index contributed by atoms with van der Waals surface area (Å²) in [5.74, 6) is 0. The molecule has 0 bridgehead atoms. The average Bonchev–Trinajstić information content (AvgIpc) is 2.47. The van der Waals surface area contributed by atoms with Gasteiger partial charge in [-0.2, -0.15) is 0 Å². The zero-order valence-electron chi connectivity index (χ0n) is 10.5. The van der Waals surface area contributed by atoms with Gasteiger partial charge in [-0.15, -0.1) is 0 Å². The van der Waals surface area contributed by atoms with E-state index < -0.39 is 0 Å². The van der Waals surface area contributed by atoms with Crippen molar-refractivity contribution in [2.75, 3.05) is 5.73 Å². The normalized spacial score (nSPS) is 10.1. The largest absolute Gasteiger partial charge is 0.397 e. The SMILES string of the molecule is CC.Cc1cc(N)c2c(c1)n(C)c(=O)n2C. The maximum atomic E-state index is 11.6. The van der Waals surface area contributed by atoms with Crippen molar-refractivity contribution in [1.82, 2.24) is 9.13 Å². The third kappa shape index (κ3) is 1.71. The lowest BCUT2D eigenvalue weighted by Gasteiger charge is -2.01. The van der Waals surface area contributed by atoms with E-state index in [1.54, 1.807) is 23.2 Å². The number of anilines is 1. The monoisotopic (exact) mass is 221 g/mol. The minimum Gasteiger partial charge on any atom is -0.397 e. The second-order valence-electron chi connectivity index (χ2n) is 3.62. The van der Waals surface area contributed by atoms with Crippen LogP contribution in [0.25, 0.3) is 11.0 Å². The van der Waals surface area contributed by atoms with Crippen molar-refractivity contribution in [2.45, 2.75) is 20.8 Å². The van der Waals surface area contributed by atoms with Crippen LogP contribution in [0.3, 0.4) is 0 Å². The second kappa shape index (κ2) is 4.43. The first-order valence-corrected chi connectivity index (χ1v) is 5.44. The van der Waals surface area contributed by atoms with Gasteiger partial charge in [0.05, 0.1) is 16.7 Å². The number of aromatic nitrogens is 2. The molecular formula is C12H19N3O. The summed E-state index contributed by atoms with van der Waals surface area (Å²) >= 11 is 0. The third-order valence-electron chi connectivity index (χ3n) is 2.53. The molecule has 2 rings (SSSR count). The highest BCUT2D eigenvalue weighted by atomic mass is 16.1. The zero-order valence-corrected chi connectivity index (χ0v) is 10.5. The van der Waals surface area contributed by atoms with Gasteiger partial charge in [0.1, 0.15) is 0 Å². The van der Waals surface area contributed by atoms with Crippen LogP contribution in [0.5, 0.6) is 0 Å². The van der Waals surface area contributed by atoms with Crippen molar-refractivity contribution >= 4 is 16.7 Å². The first kappa shape index (κ1) is 12.4. The van der Waals surface area contributed by atoms with Crippen molar-refractivity contribution in [1.29, 1.82) is 0 Å². The van der Waals surface area contributed by atoms with Gasteiger partial charge in [0.15, 0.2) is 0 Å². The Morgan fingerprint density at radius 3 is 2.25 bits per heavy atom. The number of benzene rings is 1. The van der Waals surface area contributed by atoms with E-state index in [1.165, 1.54) is 0 Å². The molecule has 2 N–H and O–H groups in total. The standard InChI is InChI=1S/C10H13N3O.C2H6/c1-6-4-7(11)9-8(5-6)12(2)10(14)13(9)3;1-2/h4-5H,11H2,1-3H3;1-2H3. The van der Waals surface area contributed by atoms with Gasteiger partial charge in [0.25, 0.3) is 0 Å². The predicted molar refractivity (Wildman–Crippen MR) is 68.7 cm³/mol. The summed E-state index contributed by atoms with van der Waals surface area (Å²) in [6.07, 6.45) is 0. The first-order chi connectivity index (χ1) is 7.52. The van der Waals surface area contributed by atoms with E-state index in [-0.39, 0.29) is 5.69 Å². The molecule has 0 unspecified atom stereocenters. The predicted octanol–water partition coefficient (Wildman–Crippen LogP) is 1.79. The Balaban J connectivity index is 0.000000606. The summed E-state index contributed by atoms with van der Waals surface area (Å²) in [6.45, 7) is 5.97. The molecule has 88 valence electrons. The highest BCUT2D eigenvalue weighted by Gasteiger charge is 2.10. The van der Waals surface area contributed by atoms with E-state index >= 15 is 0 Å². The molecule has 4 heteroatoms. The van der Waals surface area contributed by atoms with Gasteiger partial charge in [0.2, 0.25) is 0 Å². The van der Waals surface area contributed by atoms with Gasteiger partial charge in [-0.1, -0.05) is 13.8 Å². The Morgan fingerprint density at radius 1 is 1.12 bits per heavy atom. The van der Waals surface area contributed by atoms with Gasteiger partial charge < -0.3 is 5.73 Å². The van der Waals surface area contributed by atoms with Crippen molar-refractivity contribution in [3.8, 4) is 0 Å². The smallest absolute Gasteiger partial charge is 0.328 e.